The van der Waals surface area contributed by atoms with Crippen molar-refractivity contribution in [3.8, 4) is 11.1 Å². The summed E-state index contributed by atoms with van der Waals surface area (Å²) in [4.78, 5) is 0. The summed E-state index contributed by atoms with van der Waals surface area (Å²) in [6.45, 7) is 10.3. The van der Waals surface area contributed by atoms with Crippen LogP contribution in [0.3, 0.4) is 0 Å². The molecular formula is C33H39F3O. The minimum absolute atomic E-state index is 0.0289. The van der Waals surface area contributed by atoms with Crippen molar-refractivity contribution < 1.29 is 17.9 Å². The molecule has 1 aliphatic carbocycles. The zero-order valence-electron chi connectivity index (χ0n) is 22.3. The van der Waals surface area contributed by atoms with Gasteiger partial charge < -0.3 is 4.74 Å². The normalized spacial score (nSPS) is 18.3. The molecule has 0 spiro atoms. The van der Waals surface area contributed by atoms with Gasteiger partial charge in [0.05, 0.1) is 12.7 Å². The van der Waals surface area contributed by atoms with Crippen LogP contribution in [-0.4, -0.2) is 6.10 Å². The zero-order chi connectivity index (χ0) is 26.8. The Morgan fingerprint density at radius 3 is 2.38 bits per heavy atom. The van der Waals surface area contributed by atoms with Crippen LogP contribution in [0.25, 0.3) is 16.7 Å². The van der Waals surface area contributed by atoms with Gasteiger partial charge in [-0.1, -0.05) is 99.9 Å². The largest absolute Gasteiger partial charge is 0.369 e. The molecule has 0 fully saturated rings. The maximum atomic E-state index is 15.1. The summed E-state index contributed by atoms with van der Waals surface area (Å²) in [6.07, 6.45) is 13.3. The van der Waals surface area contributed by atoms with Gasteiger partial charge in [-0.3, -0.25) is 0 Å². The van der Waals surface area contributed by atoms with Crippen LogP contribution in [0.4, 0.5) is 13.2 Å². The predicted octanol–water partition coefficient (Wildman–Crippen LogP) is 10.3. The molecule has 1 aliphatic rings. The second kappa shape index (κ2) is 14.2. The third-order valence-electron chi connectivity index (χ3n) is 6.94. The van der Waals surface area contributed by atoms with E-state index in [1.807, 2.05) is 18.2 Å². The number of benzene rings is 2. The molecule has 0 N–H and O–H groups in total. The molecule has 0 saturated carbocycles. The number of halogens is 3. The Morgan fingerprint density at radius 2 is 1.73 bits per heavy atom. The van der Waals surface area contributed by atoms with Crippen molar-refractivity contribution in [1.82, 2.24) is 0 Å². The Labute approximate surface area is 220 Å². The van der Waals surface area contributed by atoms with Crippen LogP contribution < -0.4 is 0 Å². The second-order valence-corrected chi connectivity index (χ2v) is 9.79. The molecule has 1 nitrogen and oxygen atoms in total. The van der Waals surface area contributed by atoms with E-state index in [9.17, 15) is 4.39 Å². The summed E-state index contributed by atoms with van der Waals surface area (Å²) in [5, 5.41) is 0. The lowest BCUT2D eigenvalue weighted by atomic mass is 9.89. The molecule has 0 aromatic heterocycles. The lowest BCUT2D eigenvalue weighted by molar-refractivity contribution is 0.0537. The molecule has 2 unspecified atom stereocenters. The van der Waals surface area contributed by atoms with E-state index in [1.165, 1.54) is 0 Å². The highest BCUT2D eigenvalue weighted by molar-refractivity contribution is 5.77. The fourth-order valence-corrected chi connectivity index (χ4v) is 4.70. The van der Waals surface area contributed by atoms with E-state index in [1.54, 1.807) is 49.4 Å². The van der Waals surface area contributed by atoms with Crippen LogP contribution in [0.15, 0.2) is 78.7 Å². The second-order valence-electron chi connectivity index (χ2n) is 9.79. The third kappa shape index (κ3) is 7.82. The van der Waals surface area contributed by atoms with E-state index in [0.717, 1.165) is 56.1 Å². The smallest absolute Gasteiger partial charge is 0.167 e. The fourth-order valence-electron chi connectivity index (χ4n) is 4.70. The van der Waals surface area contributed by atoms with E-state index in [0.29, 0.717) is 17.7 Å². The van der Waals surface area contributed by atoms with E-state index in [-0.39, 0.29) is 29.0 Å². The van der Waals surface area contributed by atoms with Crippen molar-refractivity contribution >= 4 is 5.57 Å². The van der Waals surface area contributed by atoms with Crippen LogP contribution in [0, 0.1) is 17.6 Å². The van der Waals surface area contributed by atoms with Crippen molar-refractivity contribution in [2.75, 3.05) is 0 Å². The minimum Gasteiger partial charge on any atom is -0.369 e. The summed E-state index contributed by atoms with van der Waals surface area (Å²) >= 11 is 0. The highest BCUT2D eigenvalue weighted by Crippen LogP contribution is 2.33. The fraction of sp³-hybridized carbons (Fsp3) is 0.394. The van der Waals surface area contributed by atoms with Crippen molar-refractivity contribution in [3.63, 3.8) is 0 Å². The quantitative estimate of drug-likeness (QED) is 0.259. The lowest BCUT2D eigenvalue weighted by Gasteiger charge is -2.25. The van der Waals surface area contributed by atoms with Crippen molar-refractivity contribution in [1.29, 1.82) is 0 Å². The summed E-state index contributed by atoms with van der Waals surface area (Å²) in [6, 6.07) is 10.4. The van der Waals surface area contributed by atoms with Crippen LogP contribution in [0.1, 0.15) is 76.8 Å². The average Bonchev–Trinajstić information content (AvgIpc) is 2.90. The third-order valence-corrected chi connectivity index (χ3v) is 6.94. The minimum atomic E-state index is -0.873. The molecule has 4 heteroatoms. The van der Waals surface area contributed by atoms with Gasteiger partial charge in [-0.05, 0) is 55.4 Å². The summed E-state index contributed by atoms with van der Waals surface area (Å²) in [5.74, 6) is -1.76. The van der Waals surface area contributed by atoms with Gasteiger partial charge in [-0.15, -0.1) is 0 Å². The first-order valence-electron chi connectivity index (χ1n) is 13.5. The predicted molar refractivity (Wildman–Crippen MR) is 149 cm³/mol. The maximum Gasteiger partial charge on any atom is 0.167 e. The summed E-state index contributed by atoms with van der Waals surface area (Å²) in [5.41, 5.74) is 3.47. The van der Waals surface area contributed by atoms with Gasteiger partial charge in [0.25, 0.3) is 0 Å². The summed E-state index contributed by atoms with van der Waals surface area (Å²) in [7, 11) is 0. The molecular weight excluding hydrogens is 469 g/mol. The first kappa shape index (κ1) is 28.7. The Morgan fingerprint density at radius 1 is 0.973 bits per heavy atom. The van der Waals surface area contributed by atoms with Crippen molar-refractivity contribution in [3.05, 3.63) is 101 Å². The number of unbranched alkanes of at least 4 members (excludes halogenated alkanes) is 1. The number of allylic oxidation sites excluding steroid dienone is 6. The number of hydrogen-bond acceptors (Lipinski definition) is 1. The van der Waals surface area contributed by atoms with E-state index >= 15 is 8.78 Å². The highest BCUT2D eigenvalue weighted by Gasteiger charge is 2.23. The highest BCUT2D eigenvalue weighted by atomic mass is 19.2. The standard InChI is InChI=1S/C33H39F3O/c1-5-8-10-27-17-18-28(21-31(27)34)37-22-24-12-15-26(16-13-24)30-20-19-29(32(35)33(30)36)25(7-3)14-11-23(4)9-6-2/h7,11-16,19-21,27-28H,4-6,8-10,17-18,22H2,1-3H3/b14-11-,25-7+. The molecule has 37 heavy (non-hydrogen) atoms. The van der Waals surface area contributed by atoms with Crippen LogP contribution in [0.5, 0.6) is 0 Å². The van der Waals surface area contributed by atoms with Crippen LogP contribution in [0.2, 0.25) is 0 Å². The molecule has 0 radical (unpaired) electrons. The SMILES string of the molecule is C=C(/C=C\C(=C/C)c1ccc(-c2ccc(COC3C=C(F)C(CCCC)CC3)cc2)c(F)c1F)CCC. The van der Waals surface area contributed by atoms with Crippen molar-refractivity contribution in [2.24, 2.45) is 5.92 Å². The van der Waals surface area contributed by atoms with Crippen molar-refractivity contribution in [2.45, 2.75) is 78.4 Å². The van der Waals surface area contributed by atoms with E-state index in [4.69, 9.17) is 4.74 Å². The van der Waals surface area contributed by atoms with E-state index < -0.39 is 11.6 Å². The molecule has 2 aromatic carbocycles. The van der Waals surface area contributed by atoms with Gasteiger partial charge in [0, 0.05) is 17.0 Å². The number of rotatable bonds is 12. The topological polar surface area (TPSA) is 9.23 Å². The Balaban J connectivity index is 1.66. The van der Waals surface area contributed by atoms with Gasteiger partial charge in [0.1, 0.15) is 5.83 Å². The molecule has 0 amide bonds. The maximum absolute atomic E-state index is 15.1. The van der Waals surface area contributed by atoms with Crippen LogP contribution in [-0.2, 0) is 11.3 Å². The van der Waals surface area contributed by atoms with Gasteiger partial charge in [0.15, 0.2) is 11.6 Å². The first-order chi connectivity index (χ1) is 17.9. The molecule has 3 rings (SSSR count). The molecule has 2 atom stereocenters. The molecule has 198 valence electrons. The molecule has 0 saturated heterocycles. The first-order valence-corrected chi connectivity index (χ1v) is 13.5. The number of hydrogen-bond donors (Lipinski definition) is 0. The Hall–Kier alpha value is -2.85. The Kier molecular flexibility index (Phi) is 11.0. The lowest BCUT2D eigenvalue weighted by Crippen LogP contribution is -2.19. The van der Waals surface area contributed by atoms with Gasteiger partial charge >= 0.3 is 0 Å². The molecule has 2 aromatic rings. The molecule has 0 aliphatic heterocycles. The average molecular weight is 509 g/mol. The molecule has 0 bridgehead atoms. The monoisotopic (exact) mass is 508 g/mol. The van der Waals surface area contributed by atoms with E-state index in [2.05, 4.69) is 20.4 Å². The molecule has 0 heterocycles. The van der Waals surface area contributed by atoms with Gasteiger partial charge in [0.2, 0.25) is 0 Å². The zero-order valence-corrected chi connectivity index (χ0v) is 22.3. The van der Waals surface area contributed by atoms with Crippen LogP contribution >= 0.6 is 0 Å². The summed E-state index contributed by atoms with van der Waals surface area (Å²) < 4.78 is 50.4. The Bertz CT molecular complexity index is 1140. The number of ether oxygens (including phenoxy) is 1. The van der Waals surface area contributed by atoms with Gasteiger partial charge in [-0.25, -0.2) is 13.2 Å². The van der Waals surface area contributed by atoms with Gasteiger partial charge in [-0.2, -0.15) is 0 Å².